The summed E-state index contributed by atoms with van der Waals surface area (Å²) in [7, 11) is 0. The molecule has 4 rings (SSSR count). The van der Waals surface area contributed by atoms with Crippen molar-refractivity contribution in [2.75, 3.05) is 10.2 Å². The molecule has 1 N–H and O–H groups in total. The summed E-state index contributed by atoms with van der Waals surface area (Å²) in [6.07, 6.45) is 3.71. The van der Waals surface area contributed by atoms with Crippen molar-refractivity contribution in [2.45, 2.75) is 43.9 Å². The van der Waals surface area contributed by atoms with Crippen LogP contribution in [0.5, 0.6) is 0 Å². The monoisotopic (exact) mass is 380 g/mol. The third-order valence-electron chi connectivity index (χ3n) is 5.70. The second-order valence-corrected chi connectivity index (χ2v) is 7.42. The fraction of sp³-hybridized carbons (Fsp3) is 0.318. The first kappa shape index (κ1) is 18.3. The molecule has 144 valence electrons. The van der Waals surface area contributed by atoms with Gasteiger partial charge in [0.2, 0.25) is 17.7 Å². The lowest BCUT2D eigenvalue weighted by molar-refractivity contribution is -0.129. The minimum atomic E-state index is -0.634. The van der Waals surface area contributed by atoms with Gasteiger partial charge in [-0.1, -0.05) is 18.6 Å². The van der Waals surface area contributed by atoms with Gasteiger partial charge in [-0.2, -0.15) is 0 Å². The Kier molecular flexibility index (Phi) is 4.71. The van der Waals surface area contributed by atoms with E-state index < -0.39 is 5.41 Å². The molecule has 0 bridgehead atoms. The first-order chi connectivity index (χ1) is 13.5. The van der Waals surface area contributed by atoms with E-state index in [1.54, 1.807) is 36.4 Å². The van der Waals surface area contributed by atoms with Crippen molar-refractivity contribution in [1.29, 1.82) is 0 Å². The molecule has 0 radical (unpaired) electrons. The lowest BCUT2D eigenvalue weighted by Crippen LogP contribution is -2.46. The molecular weight excluding hydrogens is 359 g/mol. The summed E-state index contributed by atoms with van der Waals surface area (Å²) in [5, 5.41) is 2.93. The zero-order valence-electron chi connectivity index (χ0n) is 15.4. The van der Waals surface area contributed by atoms with Crippen LogP contribution in [0.4, 0.5) is 15.8 Å². The van der Waals surface area contributed by atoms with Crippen molar-refractivity contribution in [2.24, 2.45) is 0 Å². The molecule has 1 aliphatic heterocycles. The quantitative estimate of drug-likeness (QED) is 0.818. The molecule has 0 spiro atoms. The van der Waals surface area contributed by atoms with E-state index in [4.69, 9.17) is 0 Å². The van der Waals surface area contributed by atoms with Crippen LogP contribution >= 0.6 is 0 Å². The lowest BCUT2D eigenvalue weighted by Gasteiger charge is -2.40. The Balaban J connectivity index is 1.51. The number of nitrogens with one attached hydrogen (secondary N) is 1. The van der Waals surface area contributed by atoms with E-state index in [0.717, 1.165) is 24.8 Å². The number of hydrogen-bond acceptors (Lipinski definition) is 3. The standard InChI is InChI=1S/C22H21FN2O3/c23-16-7-5-15(6-8-16)22(13-2-14-22)21(28)24-17-9-11-18(12-10-17)25-19(26)3-1-4-20(25)27/h5-12H,1-4,13-14H2,(H,24,28). The molecule has 2 aromatic carbocycles. The Morgan fingerprint density at radius 2 is 1.50 bits per heavy atom. The second kappa shape index (κ2) is 7.19. The molecule has 2 aliphatic rings. The Morgan fingerprint density at radius 1 is 0.893 bits per heavy atom. The minimum Gasteiger partial charge on any atom is -0.325 e. The van der Waals surface area contributed by atoms with E-state index >= 15 is 0 Å². The van der Waals surface area contributed by atoms with Gasteiger partial charge in [0.15, 0.2) is 0 Å². The van der Waals surface area contributed by atoms with Gasteiger partial charge in [-0.05, 0) is 61.2 Å². The highest BCUT2D eigenvalue weighted by Gasteiger charge is 2.45. The average molecular weight is 380 g/mol. The summed E-state index contributed by atoms with van der Waals surface area (Å²) >= 11 is 0. The lowest BCUT2D eigenvalue weighted by atomic mass is 9.64. The van der Waals surface area contributed by atoms with Gasteiger partial charge in [-0.3, -0.25) is 19.3 Å². The minimum absolute atomic E-state index is 0.122. The van der Waals surface area contributed by atoms with Crippen LogP contribution in [0.1, 0.15) is 44.1 Å². The molecular formula is C22H21FN2O3. The number of halogens is 1. The van der Waals surface area contributed by atoms with Crippen molar-refractivity contribution in [1.82, 2.24) is 0 Å². The summed E-state index contributed by atoms with van der Waals surface area (Å²) < 4.78 is 13.2. The third kappa shape index (κ3) is 3.19. The SMILES string of the molecule is O=C1CCCC(=O)N1c1ccc(NC(=O)C2(c3ccc(F)cc3)CCC2)cc1. The molecule has 1 saturated heterocycles. The largest absolute Gasteiger partial charge is 0.325 e. The van der Waals surface area contributed by atoms with Crippen LogP contribution in [0.2, 0.25) is 0 Å². The Hall–Kier alpha value is -3.02. The van der Waals surface area contributed by atoms with Crippen LogP contribution in [0, 0.1) is 5.82 Å². The predicted molar refractivity (Wildman–Crippen MR) is 103 cm³/mol. The molecule has 28 heavy (non-hydrogen) atoms. The van der Waals surface area contributed by atoms with Gasteiger partial charge in [0, 0.05) is 18.5 Å². The van der Waals surface area contributed by atoms with Crippen LogP contribution in [-0.2, 0) is 19.8 Å². The van der Waals surface area contributed by atoms with Crippen LogP contribution in [0.15, 0.2) is 48.5 Å². The fourth-order valence-electron chi connectivity index (χ4n) is 3.93. The number of nitrogens with zero attached hydrogens (tertiary/aromatic N) is 1. The van der Waals surface area contributed by atoms with Gasteiger partial charge in [-0.15, -0.1) is 0 Å². The van der Waals surface area contributed by atoms with Crippen LogP contribution in [-0.4, -0.2) is 17.7 Å². The molecule has 1 saturated carbocycles. The maximum atomic E-state index is 13.2. The summed E-state index contributed by atoms with van der Waals surface area (Å²) in [4.78, 5) is 38.2. The highest BCUT2D eigenvalue weighted by atomic mass is 19.1. The molecule has 1 heterocycles. The van der Waals surface area contributed by atoms with Gasteiger partial charge in [0.05, 0.1) is 11.1 Å². The third-order valence-corrected chi connectivity index (χ3v) is 5.70. The van der Waals surface area contributed by atoms with E-state index in [9.17, 15) is 18.8 Å². The Bertz CT molecular complexity index is 902. The van der Waals surface area contributed by atoms with Crippen molar-refractivity contribution in [3.63, 3.8) is 0 Å². The molecule has 0 aromatic heterocycles. The summed E-state index contributed by atoms with van der Waals surface area (Å²) in [5.74, 6) is -0.838. The normalized spacial score (nSPS) is 18.5. The number of piperidine rings is 1. The van der Waals surface area contributed by atoms with Gasteiger partial charge in [0.1, 0.15) is 5.82 Å². The summed E-state index contributed by atoms with van der Waals surface area (Å²) in [6.45, 7) is 0. The van der Waals surface area contributed by atoms with E-state index in [1.165, 1.54) is 17.0 Å². The fourth-order valence-corrected chi connectivity index (χ4v) is 3.93. The molecule has 5 nitrogen and oxygen atoms in total. The number of carbonyl (C=O) groups excluding carboxylic acids is 3. The molecule has 2 fully saturated rings. The van der Waals surface area contributed by atoms with E-state index in [0.29, 0.717) is 30.6 Å². The number of hydrogen-bond donors (Lipinski definition) is 1. The number of amides is 3. The Labute approximate surface area is 162 Å². The zero-order chi connectivity index (χ0) is 19.7. The van der Waals surface area contributed by atoms with Gasteiger partial charge < -0.3 is 5.32 Å². The first-order valence-electron chi connectivity index (χ1n) is 9.53. The maximum Gasteiger partial charge on any atom is 0.235 e. The molecule has 1 aliphatic carbocycles. The van der Waals surface area contributed by atoms with E-state index in [-0.39, 0.29) is 23.5 Å². The van der Waals surface area contributed by atoms with Gasteiger partial charge in [0.25, 0.3) is 0 Å². The van der Waals surface area contributed by atoms with Crippen LogP contribution in [0.25, 0.3) is 0 Å². The van der Waals surface area contributed by atoms with Gasteiger partial charge in [-0.25, -0.2) is 4.39 Å². The van der Waals surface area contributed by atoms with Crippen molar-refractivity contribution in [3.8, 4) is 0 Å². The maximum absolute atomic E-state index is 13.2. The molecule has 3 amide bonds. The molecule has 0 atom stereocenters. The number of anilines is 2. The highest BCUT2D eigenvalue weighted by Crippen LogP contribution is 2.44. The Morgan fingerprint density at radius 3 is 2.04 bits per heavy atom. The predicted octanol–water partition coefficient (Wildman–Crippen LogP) is 3.93. The van der Waals surface area contributed by atoms with Crippen molar-refractivity contribution < 1.29 is 18.8 Å². The molecule has 2 aromatic rings. The van der Waals surface area contributed by atoms with Gasteiger partial charge >= 0.3 is 0 Å². The first-order valence-corrected chi connectivity index (χ1v) is 9.53. The van der Waals surface area contributed by atoms with Crippen molar-refractivity contribution in [3.05, 3.63) is 59.9 Å². The zero-order valence-corrected chi connectivity index (χ0v) is 15.4. The van der Waals surface area contributed by atoms with Crippen LogP contribution < -0.4 is 10.2 Å². The summed E-state index contributed by atoms with van der Waals surface area (Å²) in [5.41, 5.74) is 1.30. The number of benzene rings is 2. The topological polar surface area (TPSA) is 66.5 Å². The average Bonchev–Trinajstić information content (AvgIpc) is 2.63. The van der Waals surface area contributed by atoms with Crippen LogP contribution in [0.3, 0.4) is 0 Å². The summed E-state index contributed by atoms with van der Waals surface area (Å²) in [6, 6.07) is 12.8. The second-order valence-electron chi connectivity index (χ2n) is 7.42. The van der Waals surface area contributed by atoms with Crippen molar-refractivity contribution >= 4 is 29.1 Å². The number of carbonyl (C=O) groups is 3. The van der Waals surface area contributed by atoms with E-state index in [2.05, 4.69) is 5.32 Å². The highest BCUT2D eigenvalue weighted by molar-refractivity contribution is 6.16. The number of imide groups is 1. The van der Waals surface area contributed by atoms with E-state index in [1.807, 2.05) is 0 Å². The smallest absolute Gasteiger partial charge is 0.235 e. The molecule has 0 unspecified atom stereocenters. The molecule has 6 heteroatoms. The number of rotatable bonds is 4.